The zero-order valence-electron chi connectivity index (χ0n) is 12.7. The van der Waals surface area contributed by atoms with Crippen molar-refractivity contribution in [2.45, 2.75) is 18.4 Å². The normalized spacial score (nSPS) is 18.0. The SMILES string of the molecule is CCN1CCN(CCS(=O)(=O)c2cccc(CN)c2)CC1. The van der Waals surface area contributed by atoms with E-state index in [1.54, 1.807) is 18.2 Å². The maximum atomic E-state index is 12.4. The number of sulfone groups is 1. The summed E-state index contributed by atoms with van der Waals surface area (Å²) in [5, 5.41) is 0. The highest BCUT2D eigenvalue weighted by Gasteiger charge is 2.20. The summed E-state index contributed by atoms with van der Waals surface area (Å²) in [5.41, 5.74) is 6.43. The van der Waals surface area contributed by atoms with Crippen molar-refractivity contribution in [3.05, 3.63) is 29.8 Å². The molecular weight excluding hydrogens is 286 g/mol. The van der Waals surface area contributed by atoms with Gasteiger partial charge >= 0.3 is 0 Å². The second kappa shape index (κ2) is 7.35. The van der Waals surface area contributed by atoms with E-state index in [4.69, 9.17) is 5.73 Å². The summed E-state index contributed by atoms with van der Waals surface area (Å²) in [6.45, 7) is 8.15. The number of piperazine rings is 1. The van der Waals surface area contributed by atoms with Gasteiger partial charge in [0.2, 0.25) is 0 Å². The molecule has 1 heterocycles. The smallest absolute Gasteiger partial charge is 0.179 e. The standard InChI is InChI=1S/C15H25N3O2S/c1-2-17-6-8-18(9-7-17)10-11-21(19,20)15-5-3-4-14(12-15)13-16/h3-5,12H,2,6-11,13,16H2,1H3. The summed E-state index contributed by atoms with van der Waals surface area (Å²) in [4.78, 5) is 5.00. The Balaban J connectivity index is 1.92. The first kappa shape index (κ1) is 16.4. The van der Waals surface area contributed by atoms with Gasteiger partial charge in [-0.1, -0.05) is 19.1 Å². The molecule has 0 aromatic heterocycles. The van der Waals surface area contributed by atoms with Crippen LogP contribution in [-0.2, 0) is 16.4 Å². The topological polar surface area (TPSA) is 66.6 Å². The van der Waals surface area contributed by atoms with Crippen LogP contribution in [0.3, 0.4) is 0 Å². The molecule has 1 aromatic carbocycles. The number of benzene rings is 1. The molecule has 1 fully saturated rings. The highest BCUT2D eigenvalue weighted by molar-refractivity contribution is 7.91. The molecule has 5 nitrogen and oxygen atoms in total. The Kier molecular flexibility index (Phi) is 5.75. The number of nitrogens with zero attached hydrogens (tertiary/aromatic N) is 2. The van der Waals surface area contributed by atoms with Crippen LogP contribution in [0.2, 0.25) is 0 Å². The number of hydrogen-bond acceptors (Lipinski definition) is 5. The zero-order chi connectivity index (χ0) is 15.3. The van der Waals surface area contributed by atoms with Gasteiger partial charge in [-0.25, -0.2) is 8.42 Å². The maximum absolute atomic E-state index is 12.4. The molecule has 118 valence electrons. The Morgan fingerprint density at radius 1 is 1.14 bits per heavy atom. The van der Waals surface area contributed by atoms with Crippen LogP contribution in [0.25, 0.3) is 0 Å². The van der Waals surface area contributed by atoms with Crippen LogP contribution in [0.15, 0.2) is 29.2 Å². The van der Waals surface area contributed by atoms with Gasteiger partial charge in [0.15, 0.2) is 9.84 Å². The van der Waals surface area contributed by atoms with Gasteiger partial charge in [-0.05, 0) is 24.2 Å². The Bertz CT molecular complexity index is 552. The van der Waals surface area contributed by atoms with Crippen LogP contribution in [0.4, 0.5) is 0 Å². The molecule has 0 spiro atoms. The Morgan fingerprint density at radius 3 is 2.43 bits per heavy atom. The van der Waals surface area contributed by atoms with Gasteiger partial charge in [-0.3, -0.25) is 4.90 Å². The Morgan fingerprint density at radius 2 is 1.81 bits per heavy atom. The molecule has 2 N–H and O–H groups in total. The van der Waals surface area contributed by atoms with E-state index in [0.717, 1.165) is 38.3 Å². The van der Waals surface area contributed by atoms with Crippen molar-refractivity contribution in [2.24, 2.45) is 5.73 Å². The molecule has 0 aliphatic carbocycles. The molecule has 0 unspecified atom stereocenters. The molecule has 1 aliphatic rings. The third kappa shape index (κ3) is 4.51. The van der Waals surface area contributed by atoms with Crippen LogP contribution in [0, 0.1) is 0 Å². The van der Waals surface area contributed by atoms with Crippen LogP contribution in [0.1, 0.15) is 12.5 Å². The average Bonchev–Trinajstić information content (AvgIpc) is 2.53. The molecule has 0 saturated carbocycles. The van der Waals surface area contributed by atoms with Crippen molar-refractivity contribution in [1.82, 2.24) is 9.80 Å². The van der Waals surface area contributed by atoms with Gasteiger partial charge in [-0.2, -0.15) is 0 Å². The highest BCUT2D eigenvalue weighted by Crippen LogP contribution is 2.14. The van der Waals surface area contributed by atoms with Crippen LogP contribution >= 0.6 is 0 Å². The molecule has 0 radical (unpaired) electrons. The van der Waals surface area contributed by atoms with Crippen LogP contribution in [-0.4, -0.2) is 63.2 Å². The number of rotatable bonds is 6. The molecule has 6 heteroatoms. The lowest BCUT2D eigenvalue weighted by Crippen LogP contribution is -2.47. The van der Waals surface area contributed by atoms with Gasteiger partial charge in [-0.15, -0.1) is 0 Å². The number of likely N-dealkylation sites (N-methyl/N-ethyl adjacent to an activating group) is 1. The van der Waals surface area contributed by atoms with E-state index >= 15 is 0 Å². The minimum atomic E-state index is -3.22. The van der Waals surface area contributed by atoms with Crippen molar-refractivity contribution in [1.29, 1.82) is 0 Å². The van der Waals surface area contributed by atoms with Crippen molar-refractivity contribution in [2.75, 3.05) is 45.0 Å². The molecule has 0 atom stereocenters. The third-order valence-corrected chi connectivity index (χ3v) is 5.77. The summed E-state index contributed by atoms with van der Waals surface area (Å²) in [5.74, 6) is 0.174. The predicted molar refractivity (Wildman–Crippen MR) is 84.9 cm³/mol. The van der Waals surface area contributed by atoms with Crippen molar-refractivity contribution < 1.29 is 8.42 Å². The molecular formula is C15H25N3O2S. The van der Waals surface area contributed by atoms with Crippen molar-refractivity contribution in [3.63, 3.8) is 0 Å². The molecule has 1 saturated heterocycles. The minimum absolute atomic E-state index is 0.174. The lowest BCUT2D eigenvalue weighted by molar-refractivity contribution is 0.143. The fraction of sp³-hybridized carbons (Fsp3) is 0.600. The second-order valence-electron chi connectivity index (χ2n) is 5.45. The molecule has 21 heavy (non-hydrogen) atoms. The van der Waals surface area contributed by atoms with E-state index in [0.29, 0.717) is 18.0 Å². The number of nitrogens with two attached hydrogens (primary N) is 1. The van der Waals surface area contributed by atoms with E-state index in [1.807, 2.05) is 6.07 Å². The monoisotopic (exact) mass is 311 g/mol. The minimum Gasteiger partial charge on any atom is -0.326 e. The molecule has 1 aliphatic heterocycles. The zero-order valence-corrected chi connectivity index (χ0v) is 13.5. The third-order valence-electron chi connectivity index (χ3n) is 4.08. The Hall–Kier alpha value is -0.950. The first-order chi connectivity index (χ1) is 10.0. The molecule has 2 rings (SSSR count). The summed E-state index contributed by atoms with van der Waals surface area (Å²) in [6, 6.07) is 6.95. The van der Waals surface area contributed by atoms with E-state index in [1.165, 1.54) is 0 Å². The summed E-state index contributed by atoms with van der Waals surface area (Å²) < 4.78 is 24.8. The largest absolute Gasteiger partial charge is 0.326 e. The van der Waals surface area contributed by atoms with Crippen LogP contribution in [0.5, 0.6) is 0 Å². The van der Waals surface area contributed by atoms with Gasteiger partial charge in [0.1, 0.15) is 0 Å². The van der Waals surface area contributed by atoms with Crippen molar-refractivity contribution in [3.8, 4) is 0 Å². The quantitative estimate of drug-likeness (QED) is 0.831. The van der Waals surface area contributed by atoms with Crippen LogP contribution < -0.4 is 5.73 Å². The summed E-state index contributed by atoms with van der Waals surface area (Å²) in [7, 11) is -3.22. The average molecular weight is 311 g/mol. The van der Waals surface area contributed by atoms with Gasteiger partial charge in [0.25, 0.3) is 0 Å². The molecule has 0 amide bonds. The summed E-state index contributed by atoms with van der Waals surface area (Å²) in [6.07, 6.45) is 0. The highest BCUT2D eigenvalue weighted by atomic mass is 32.2. The number of hydrogen-bond donors (Lipinski definition) is 1. The van der Waals surface area contributed by atoms with Gasteiger partial charge in [0.05, 0.1) is 10.6 Å². The predicted octanol–water partition coefficient (Wildman–Crippen LogP) is 0.557. The first-order valence-corrected chi connectivity index (χ1v) is 9.17. The van der Waals surface area contributed by atoms with E-state index in [2.05, 4.69) is 16.7 Å². The maximum Gasteiger partial charge on any atom is 0.179 e. The van der Waals surface area contributed by atoms with Gasteiger partial charge < -0.3 is 10.6 Å². The van der Waals surface area contributed by atoms with Gasteiger partial charge in [0, 0.05) is 39.3 Å². The lowest BCUT2D eigenvalue weighted by atomic mass is 10.2. The lowest BCUT2D eigenvalue weighted by Gasteiger charge is -2.33. The summed E-state index contributed by atoms with van der Waals surface area (Å²) >= 11 is 0. The fourth-order valence-corrected chi connectivity index (χ4v) is 3.91. The molecule has 1 aromatic rings. The van der Waals surface area contributed by atoms with E-state index in [9.17, 15) is 8.42 Å². The van der Waals surface area contributed by atoms with E-state index < -0.39 is 9.84 Å². The fourth-order valence-electron chi connectivity index (χ4n) is 2.56. The first-order valence-electron chi connectivity index (χ1n) is 7.51. The molecule has 0 bridgehead atoms. The Labute approximate surface area is 127 Å². The van der Waals surface area contributed by atoms with Crippen molar-refractivity contribution >= 4 is 9.84 Å². The second-order valence-corrected chi connectivity index (χ2v) is 7.56. The van der Waals surface area contributed by atoms with E-state index in [-0.39, 0.29) is 5.75 Å².